The minimum absolute atomic E-state index is 0.363. The maximum atomic E-state index is 5.68. The third-order valence-corrected chi connectivity index (χ3v) is 2.92. The van der Waals surface area contributed by atoms with Crippen LogP contribution in [-0.2, 0) is 0 Å². The molecule has 1 aliphatic carbocycles. The molecule has 1 fully saturated rings. The lowest BCUT2D eigenvalue weighted by Crippen LogP contribution is -2.08. The van der Waals surface area contributed by atoms with E-state index in [2.05, 4.69) is 15.9 Å². The first-order valence-electron chi connectivity index (χ1n) is 4.40. The van der Waals surface area contributed by atoms with Gasteiger partial charge in [0.1, 0.15) is 5.75 Å². The van der Waals surface area contributed by atoms with Crippen LogP contribution >= 0.6 is 15.9 Å². The normalized spacial score (nSPS) is 25.7. The Morgan fingerprint density at radius 2 is 2.15 bits per heavy atom. The van der Waals surface area contributed by atoms with E-state index < -0.39 is 0 Å². The van der Waals surface area contributed by atoms with Crippen molar-refractivity contribution in [3.05, 3.63) is 28.7 Å². The molecule has 2 atom stereocenters. The highest BCUT2D eigenvalue weighted by molar-refractivity contribution is 9.10. The van der Waals surface area contributed by atoms with Crippen LogP contribution in [0.4, 0.5) is 0 Å². The number of rotatable bonds is 3. The van der Waals surface area contributed by atoms with E-state index in [1.165, 1.54) is 0 Å². The van der Waals surface area contributed by atoms with E-state index in [0.29, 0.717) is 12.0 Å². The Morgan fingerprint density at radius 1 is 1.46 bits per heavy atom. The third kappa shape index (κ3) is 2.23. The van der Waals surface area contributed by atoms with Gasteiger partial charge in [-0.25, -0.2) is 0 Å². The standard InChI is InChI=1S/C10H12BrNO/c11-8-3-1-2-4-10(8)13-6-7-5-9(7)12/h1-4,7,9H,5-6,12H2. The highest BCUT2D eigenvalue weighted by Crippen LogP contribution is 2.30. The minimum atomic E-state index is 0.363. The summed E-state index contributed by atoms with van der Waals surface area (Å²) in [5.41, 5.74) is 5.68. The van der Waals surface area contributed by atoms with Crippen molar-refractivity contribution in [2.45, 2.75) is 12.5 Å². The molecule has 3 heteroatoms. The van der Waals surface area contributed by atoms with Crippen molar-refractivity contribution < 1.29 is 4.74 Å². The lowest BCUT2D eigenvalue weighted by molar-refractivity contribution is 0.295. The average Bonchev–Trinajstić information content (AvgIpc) is 2.81. The lowest BCUT2D eigenvalue weighted by atomic mass is 10.3. The Labute approximate surface area is 86.2 Å². The highest BCUT2D eigenvalue weighted by atomic mass is 79.9. The lowest BCUT2D eigenvalue weighted by Gasteiger charge is -2.06. The molecule has 0 aliphatic heterocycles. The molecular weight excluding hydrogens is 230 g/mol. The first-order valence-corrected chi connectivity index (χ1v) is 5.19. The summed E-state index contributed by atoms with van der Waals surface area (Å²) in [4.78, 5) is 0. The number of para-hydroxylation sites is 1. The molecule has 2 rings (SSSR count). The first kappa shape index (κ1) is 9.03. The smallest absolute Gasteiger partial charge is 0.133 e. The third-order valence-electron chi connectivity index (χ3n) is 2.27. The SMILES string of the molecule is NC1CC1COc1ccccc1Br. The van der Waals surface area contributed by atoms with Crippen LogP contribution in [0.15, 0.2) is 28.7 Å². The Hall–Kier alpha value is -0.540. The van der Waals surface area contributed by atoms with E-state index in [0.717, 1.165) is 23.2 Å². The van der Waals surface area contributed by atoms with Crippen molar-refractivity contribution in [1.82, 2.24) is 0 Å². The van der Waals surface area contributed by atoms with Crippen LogP contribution in [-0.4, -0.2) is 12.6 Å². The highest BCUT2D eigenvalue weighted by Gasteiger charge is 2.33. The molecule has 0 aromatic heterocycles. The molecule has 2 N–H and O–H groups in total. The Kier molecular flexibility index (Phi) is 2.56. The second kappa shape index (κ2) is 3.68. The van der Waals surface area contributed by atoms with Crippen molar-refractivity contribution in [1.29, 1.82) is 0 Å². The fraction of sp³-hybridized carbons (Fsp3) is 0.400. The molecule has 0 bridgehead atoms. The largest absolute Gasteiger partial charge is 0.492 e. The summed E-state index contributed by atoms with van der Waals surface area (Å²) >= 11 is 3.43. The van der Waals surface area contributed by atoms with Gasteiger partial charge in [-0.15, -0.1) is 0 Å². The molecule has 0 amide bonds. The first-order chi connectivity index (χ1) is 6.27. The zero-order valence-corrected chi connectivity index (χ0v) is 8.83. The molecular formula is C10H12BrNO. The van der Waals surface area contributed by atoms with Crippen molar-refractivity contribution >= 4 is 15.9 Å². The summed E-state index contributed by atoms with van der Waals surface area (Å²) < 4.78 is 6.61. The summed E-state index contributed by atoms with van der Waals surface area (Å²) in [6, 6.07) is 8.23. The molecule has 70 valence electrons. The van der Waals surface area contributed by atoms with E-state index in [4.69, 9.17) is 10.5 Å². The summed E-state index contributed by atoms with van der Waals surface area (Å²) in [7, 11) is 0. The summed E-state index contributed by atoms with van der Waals surface area (Å²) in [5, 5.41) is 0. The number of ether oxygens (including phenoxy) is 1. The van der Waals surface area contributed by atoms with Crippen molar-refractivity contribution in [3.63, 3.8) is 0 Å². The Balaban J connectivity index is 1.90. The number of benzene rings is 1. The topological polar surface area (TPSA) is 35.2 Å². The number of hydrogen-bond donors (Lipinski definition) is 1. The zero-order chi connectivity index (χ0) is 9.26. The van der Waals surface area contributed by atoms with E-state index in [9.17, 15) is 0 Å². The average molecular weight is 242 g/mol. The van der Waals surface area contributed by atoms with Gasteiger partial charge in [-0.05, 0) is 34.5 Å². The molecule has 0 heterocycles. The number of nitrogens with two attached hydrogens (primary N) is 1. The van der Waals surface area contributed by atoms with Crippen LogP contribution in [0.3, 0.4) is 0 Å². The van der Waals surface area contributed by atoms with E-state index in [1.807, 2.05) is 24.3 Å². The van der Waals surface area contributed by atoms with Crippen molar-refractivity contribution in [2.75, 3.05) is 6.61 Å². The summed E-state index contributed by atoms with van der Waals surface area (Å²) in [6.07, 6.45) is 1.10. The van der Waals surface area contributed by atoms with E-state index in [-0.39, 0.29) is 0 Å². The molecule has 0 radical (unpaired) electrons. The fourth-order valence-electron chi connectivity index (χ4n) is 1.22. The van der Waals surface area contributed by atoms with Gasteiger partial charge in [0.2, 0.25) is 0 Å². The summed E-state index contributed by atoms with van der Waals surface area (Å²) in [5.74, 6) is 1.47. The van der Waals surface area contributed by atoms with Crippen LogP contribution in [0, 0.1) is 5.92 Å². The quantitative estimate of drug-likeness (QED) is 0.881. The van der Waals surface area contributed by atoms with Crippen LogP contribution in [0.5, 0.6) is 5.75 Å². The van der Waals surface area contributed by atoms with Gasteiger partial charge in [0.05, 0.1) is 11.1 Å². The molecule has 1 aromatic rings. The van der Waals surface area contributed by atoms with Crippen LogP contribution in [0.25, 0.3) is 0 Å². The molecule has 1 saturated carbocycles. The monoisotopic (exact) mass is 241 g/mol. The summed E-state index contributed by atoms with van der Waals surface area (Å²) in [6.45, 7) is 0.740. The van der Waals surface area contributed by atoms with Crippen LogP contribution in [0.2, 0.25) is 0 Å². The molecule has 2 unspecified atom stereocenters. The van der Waals surface area contributed by atoms with Crippen molar-refractivity contribution in [3.8, 4) is 5.75 Å². The second-order valence-corrected chi connectivity index (χ2v) is 4.26. The van der Waals surface area contributed by atoms with Crippen LogP contribution in [0.1, 0.15) is 6.42 Å². The predicted octanol–water partition coefficient (Wildman–Crippen LogP) is 2.18. The number of halogens is 1. The van der Waals surface area contributed by atoms with E-state index in [1.54, 1.807) is 0 Å². The zero-order valence-electron chi connectivity index (χ0n) is 7.24. The maximum Gasteiger partial charge on any atom is 0.133 e. The second-order valence-electron chi connectivity index (χ2n) is 3.40. The molecule has 1 aromatic carbocycles. The van der Waals surface area contributed by atoms with Gasteiger partial charge in [-0.2, -0.15) is 0 Å². The van der Waals surface area contributed by atoms with Crippen LogP contribution < -0.4 is 10.5 Å². The van der Waals surface area contributed by atoms with Gasteiger partial charge < -0.3 is 10.5 Å². The van der Waals surface area contributed by atoms with Gasteiger partial charge in [0.25, 0.3) is 0 Å². The van der Waals surface area contributed by atoms with Gasteiger partial charge in [0, 0.05) is 12.0 Å². The Bertz CT molecular complexity index is 303. The van der Waals surface area contributed by atoms with Gasteiger partial charge in [-0.1, -0.05) is 12.1 Å². The molecule has 2 nitrogen and oxygen atoms in total. The van der Waals surface area contributed by atoms with E-state index >= 15 is 0 Å². The maximum absolute atomic E-state index is 5.68. The van der Waals surface area contributed by atoms with Gasteiger partial charge in [0.15, 0.2) is 0 Å². The number of hydrogen-bond acceptors (Lipinski definition) is 2. The molecule has 0 saturated heterocycles. The molecule has 13 heavy (non-hydrogen) atoms. The fourth-order valence-corrected chi connectivity index (χ4v) is 1.62. The van der Waals surface area contributed by atoms with Gasteiger partial charge in [-0.3, -0.25) is 0 Å². The Morgan fingerprint density at radius 3 is 2.77 bits per heavy atom. The molecule has 1 aliphatic rings. The minimum Gasteiger partial charge on any atom is -0.492 e. The molecule has 0 spiro atoms. The van der Waals surface area contributed by atoms with Gasteiger partial charge >= 0.3 is 0 Å². The van der Waals surface area contributed by atoms with Crippen molar-refractivity contribution in [2.24, 2.45) is 11.7 Å². The predicted molar refractivity (Wildman–Crippen MR) is 55.7 cm³/mol.